The van der Waals surface area contributed by atoms with Gasteiger partial charge in [-0.25, -0.2) is 4.98 Å². The standard InChI is InChI=1S/C29H32N6O3/c1-18(30)34-14-12-20(13-15-34)38-21-7-9-26-25(16-21)33-27(10-11-28(36)37)35(26)17-19-6-8-24(29(31)32)23-5-3-2-4-22(19)23/h2-9,16,20,30H,10-15,17H2,1H3,(H3,31,32)(H,36,37). The Hall–Kier alpha value is -4.40. The first-order chi connectivity index (χ1) is 18.3. The first-order valence-corrected chi connectivity index (χ1v) is 12.8. The average molecular weight is 513 g/mol. The minimum Gasteiger partial charge on any atom is -0.490 e. The molecule has 1 aliphatic heterocycles. The molecule has 5 N–H and O–H groups in total. The summed E-state index contributed by atoms with van der Waals surface area (Å²) in [4.78, 5) is 18.3. The number of rotatable bonds is 8. The molecule has 0 radical (unpaired) electrons. The maximum atomic E-state index is 11.4. The highest BCUT2D eigenvalue weighted by molar-refractivity contribution is 6.08. The smallest absolute Gasteiger partial charge is 0.303 e. The fourth-order valence-corrected chi connectivity index (χ4v) is 5.22. The summed E-state index contributed by atoms with van der Waals surface area (Å²) < 4.78 is 8.35. The molecule has 1 saturated heterocycles. The number of carboxylic acids is 1. The molecule has 2 heterocycles. The highest BCUT2D eigenvalue weighted by Gasteiger charge is 2.22. The zero-order valence-electron chi connectivity index (χ0n) is 21.4. The summed E-state index contributed by atoms with van der Waals surface area (Å²) in [6.45, 7) is 3.94. The van der Waals surface area contributed by atoms with Gasteiger partial charge in [0.2, 0.25) is 0 Å². The molecule has 0 amide bonds. The maximum absolute atomic E-state index is 11.4. The molecule has 196 valence electrons. The molecule has 9 heteroatoms. The number of hydrogen-bond donors (Lipinski definition) is 4. The lowest BCUT2D eigenvalue weighted by molar-refractivity contribution is -0.137. The molecule has 0 spiro atoms. The molecule has 0 aliphatic carbocycles. The Labute approximate surface area is 220 Å². The van der Waals surface area contributed by atoms with E-state index in [9.17, 15) is 9.90 Å². The number of aliphatic carboxylic acids is 1. The molecule has 4 aromatic rings. The molecule has 38 heavy (non-hydrogen) atoms. The van der Waals surface area contributed by atoms with Crippen molar-refractivity contribution >= 4 is 39.4 Å². The van der Waals surface area contributed by atoms with Gasteiger partial charge in [-0.15, -0.1) is 0 Å². The normalized spacial score (nSPS) is 14.2. The van der Waals surface area contributed by atoms with E-state index < -0.39 is 5.97 Å². The van der Waals surface area contributed by atoms with Crippen LogP contribution in [0.4, 0.5) is 0 Å². The molecular formula is C29H32N6O3. The van der Waals surface area contributed by atoms with Gasteiger partial charge in [0.05, 0.1) is 23.3 Å². The molecule has 0 atom stereocenters. The lowest BCUT2D eigenvalue weighted by Gasteiger charge is -2.32. The number of nitrogens with zero attached hydrogens (tertiary/aromatic N) is 3. The van der Waals surface area contributed by atoms with Gasteiger partial charge in [0.1, 0.15) is 23.5 Å². The van der Waals surface area contributed by atoms with Crippen LogP contribution >= 0.6 is 0 Å². The summed E-state index contributed by atoms with van der Waals surface area (Å²) in [5.74, 6) is 1.19. The molecular weight excluding hydrogens is 480 g/mol. The highest BCUT2D eigenvalue weighted by atomic mass is 16.5. The third kappa shape index (κ3) is 5.18. The van der Waals surface area contributed by atoms with Crippen LogP contribution in [0.25, 0.3) is 21.8 Å². The summed E-state index contributed by atoms with van der Waals surface area (Å²) in [6, 6.07) is 17.6. The van der Waals surface area contributed by atoms with E-state index in [2.05, 4.69) is 9.47 Å². The summed E-state index contributed by atoms with van der Waals surface area (Å²) in [5.41, 5.74) is 9.22. The highest BCUT2D eigenvalue weighted by Crippen LogP contribution is 2.29. The van der Waals surface area contributed by atoms with Crippen LogP contribution in [0.2, 0.25) is 0 Å². The van der Waals surface area contributed by atoms with Crippen molar-refractivity contribution in [3.8, 4) is 5.75 Å². The number of carboxylic acid groups (broad SMARTS) is 1. The third-order valence-electron chi connectivity index (χ3n) is 7.21. The lowest BCUT2D eigenvalue weighted by atomic mass is 9.98. The lowest BCUT2D eigenvalue weighted by Crippen LogP contribution is -2.40. The Kier molecular flexibility index (Phi) is 7.00. The summed E-state index contributed by atoms with van der Waals surface area (Å²) in [7, 11) is 0. The van der Waals surface area contributed by atoms with E-state index in [1.807, 2.05) is 61.5 Å². The Balaban J connectivity index is 1.47. The van der Waals surface area contributed by atoms with Gasteiger partial charge in [0, 0.05) is 50.5 Å². The number of aryl methyl sites for hydroxylation is 1. The predicted molar refractivity (Wildman–Crippen MR) is 148 cm³/mol. The summed E-state index contributed by atoms with van der Waals surface area (Å²) in [5, 5.41) is 27.0. The van der Waals surface area contributed by atoms with Crippen LogP contribution in [-0.2, 0) is 17.8 Å². The minimum atomic E-state index is -0.865. The van der Waals surface area contributed by atoms with Crippen LogP contribution in [0.3, 0.4) is 0 Å². The van der Waals surface area contributed by atoms with Crippen LogP contribution in [0.1, 0.15) is 43.1 Å². The Morgan fingerprint density at radius 2 is 1.84 bits per heavy atom. The van der Waals surface area contributed by atoms with Crippen LogP contribution in [0, 0.1) is 10.8 Å². The molecule has 9 nitrogen and oxygen atoms in total. The number of nitrogens with one attached hydrogen (secondary N) is 2. The number of piperidine rings is 1. The Morgan fingerprint density at radius 1 is 1.11 bits per heavy atom. The molecule has 0 bridgehead atoms. The summed E-state index contributed by atoms with van der Waals surface area (Å²) >= 11 is 0. The molecule has 3 aromatic carbocycles. The van der Waals surface area contributed by atoms with Gasteiger partial charge in [0.15, 0.2) is 0 Å². The quantitative estimate of drug-likeness (QED) is 0.204. The van der Waals surface area contributed by atoms with Crippen molar-refractivity contribution < 1.29 is 14.6 Å². The topological polar surface area (TPSA) is 141 Å². The average Bonchev–Trinajstić information content (AvgIpc) is 3.24. The first-order valence-electron chi connectivity index (χ1n) is 12.8. The van der Waals surface area contributed by atoms with E-state index in [4.69, 9.17) is 26.3 Å². The number of imidazole rings is 1. The van der Waals surface area contributed by atoms with Crippen LogP contribution < -0.4 is 10.5 Å². The fourth-order valence-electron chi connectivity index (χ4n) is 5.22. The number of amidine groups is 2. The number of aromatic nitrogens is 2. The van der Waals surface area contributed by atoms with E-state index in [0.29, 0.717) is 30.2 Å². The number of likely N-dealkylation sites (tertiary alicyclic amines) is 1. The van der Waals surface area contributed by atoms with E-state index >= 15 is 0 Å². The predicted octanol–water partition coefficient (Wildman–Crippen LogP) is 4.38. The van der Waals surface area contributed by atoms with Crippen molar-refractivity contribution in [2.45, 2.75) is 45.3 Å². The second kappa shape index (κ2) is 10.5. The van der Waals surface area contributed by atoms with Crippen molar-refractivity contribution in [2.24, 2.45) is 5.73 Å². The van der Waals surface area contributed by atoms with Crippen molar-refractivity contribution in [1.82, 2.24) is 14.5 Å². The van der Waals surface area contributed by atoms with Crippen molar-refractivity contribution in [1.29, 1.82) is 10.8 Å². The van der Waals surface area contributed by atoms with Crippen LogP contribution in [-0.4, -0.2) is 56.4 Å². The number of ether oxygens (including phenoxy) is 1. The molecule has 0 saturated carbocycles. The number of nitrogen functional groups attached to an aromatic ring is 1. The molecule has 0 unspecified atom stereocenters. The second-order valence-corrected chi connectivity index (χ2v) is 9.78. The van der Waals surface area contributed by atoms with E-state index in [0.717, 1.165) is 59.0 Å². The van der Waals surface area contributed by atoms with Gasteiger partial charge in [-0.2, -0.15) is 0 Å². The van der Waals surface area contributed by atoms with Crippen LogP contribution in [0.5, 0.6) is 5.75 Å². The molecule has 1 aromatic heterocycles. The zero-order valence-corrected chi connectivity index (χ0v) is 21.4. The number of hydrogen-bond acceptors (Lipinski definition) is 5. The molecule has 1 aliphatic rings. The SMILES string of the molecule is CC(=N)N1CCC(Oc2ccc3c(c2)nc(CCC(=O)O)n3Cc2ccc(C(=N)N)c3ccccc23)CC1. The minimum absolute atomic E-state index is 0.0122. The fraction of sp³-hybridized carbons (Fsp3) is 0.310. The first kappa shape index (κ1) is 25.3. The zero-order chi connectivity index (χ0) is 26.8. The van der Waals surface area contributed by atoms with E-state index in [1.165, 1.54) is 0 Å². The van der Waals surface area contributed by atoms with Gasteiger partial charge in [-0.05, 0) is 35.4 Å². The monoisotopic (exact) mass is 512 g/mol. The van der Waals surface area contributed by atoms with E-state index in [1.54, 1.807) is 0 Å². The van der Waals surface area contributed by atoms with Crippen molar-refractivity contribution in [3.05, 3.63) is 71.5 Å². The third-order valence-corrected chi connectivity index (χ3v) is 7.21. The van der Waals surface area contributed by atoms with E-state index in [-0.39, 0.29) is 18.4 Å². The second-order valence-electron chi connectivity index (χ2n) is 9.78. The van der Waals surface area contributed by atoms with Gasteiger partial charge >= 0.3 is 5.97 Å². The maximum Gasteiger partial charge on any atom is 0.303 e. The van der Waals surface area contributed by atoms with Gasteiger partial charge in [-0.1, -0.05) is 36.4 Å². The molecule has 1 fully saturated rings. The van der Waals surface area contributed by atoms with Gasteiger partial charge in [0.25, 0.3) is 0 Å². The van der Waals surface area contributed by atoms with Crippen molar-refractivity contribution in [3.63, 3.8) is 0 Å². The number of carbonyl (C=O) groups is 1. The van der Waals surface area contributed by atoms with Gasteiger partial charge in [-0.3, -0.25) is 15.6 Å². The number of fused-ring (bicyclic) bond motifs is 2. The van der Waals surface area contributed by atoms with Crippen LogP contribution in [0.15, 0.2) is 54.6 Å². The van der Waals surface area contributed by atoms with Crippen molar-refractivity contribution in [2.75, 3.05) is 13.1 Å². The molecule has 5 rings (SSSR count). The Morgan fingerprint density at radius 3 is 2.53 bits per heavy atom. The number of nitrogens with two attached hydrogens (primary N) is 1. The Bertz CT molecular complexity index is 1530. The largest absolute Gasteiger partial charge is 0.490 e. The van der Waals surface area contributed by atoms with Gasteiger partial charge < -0.3 is 25.0 Å². The summed E-state index contributed by atoms with van der Waals surface area (Å²) in [6.07, 6.45) is 2.10. The number of benzene rings is 3.